The van der Waals surface area contributed by atoms with Crippen LogP contribution in [0.25, 0.3) is 0 Å². The van der Waals surface area contributed by atoms with Gasteiger partial charge in [0.2, 0.25) is 0 Å². The largest absolute Gasteiger partial charge is 0.328 e. The van der Waals surface area contributed by atoms with Crippen LogP contribution in [-0.4, -0.2) is 22.8 Å². The number of aromatic nitrogens is 2. The molecule has 2 rings (SSSR count). The molecule has 3 nitrogen and oxygen atoms in total. The molecule has 0 bridgehead atoms. The lowest BCUT2D eigenvalue weighted by Gasteiger charge is -2.14. The van der Waals surface area contributed by atoms with Gasteiger partial charge in [-0.15, -0.1) is 0 Å². The Morgan fingerprint density at radius 3 is 3.23 bits per heavy atom. The van der Waals surface area contributed by atoms with E-state index in [4.69, 9.17) is 0 Å². The van der Waals surface area contributed by atoms with Crippen molar-refractivity contribution in [1.29, 1.82) is 0 Å². The van der Waals surface area contributed by atoms with Gasteiger partial charge in [0.25, 0.3) is 0 Å². The molecule has 4 heteroatoms. The molecule has 0 atom stereocenters. The topological polar surface area (TPSA) is 29.9 Å². The van der Waals surface area contributed by atoms with E-state index in [0.29, 0.717) is 6.54 Å². The first kappa shape index (κ1) is 8.69. The highest BCUT2D eigenvalue weighted by Crippen LogP contribution is 2.15. The number of hydrogen-bond donors (Lipinski definition) is 1. The van der Waals surface area contributed by atoms with Crippen LogP contribution < -0.4 is 5.32 Å². The fourth-order valence-electron chi connectivity index (χ4n) is 1.86. The zero-order valence-corrected chi connectivity index (χ0v) is 7.81. The molecule has 0 radical (unpaired) electrons. The summed E-state index contributed by atoms with van der Waals surface area (Å²) in [6.45, 7) is 3.88. The van der Waals surface area contributed by atoms with Crippen LogP contribution in [0.4, 0.5) is 4.39 Å². The lowest BCUT2D eigenvalue weighted by Crippen LogP contribution is -2.25. The van der Waals surface area contributed by atoms with E-state index in [9.17, 15) is 4.39 Å². The van der Waals surface area contributed by atoms with Gasteiger partial charge in [-0.3, -0.25) is 0 Å². The van der Waals surface area contributed by atoms with E-state index >= 15 is 0 Å². The molecular formula is C9H14FN3. The number of aryl methyl sites for hydroxylation is 1. The van der Waals surface area contributed by atoms with Gasteiger partial charge in [0.05, 0.1) is 17.9 Å². The monoisotopic (exact) mass is 183 g/mol. The molecule has 0 fully saturated rings. The van der Waals surface area contributed by atoms with E-state index in [2.05, 4.69) is 10.3 Å². The highest BCUT2D eigenvalue weighted by molar-refractivity contribution is 5.19. The van der Waals surface area contributed by atoms with Gasteiger partial charge in [0, 0.05) is 19.5 Å². The van der Waals surface area contributed by atoms with Crippen LogP contribution in [0.1, 0.15) is 17.2 Å². The van der Waals surface area contributed by atoms with Gasteiger partial charge in [-0.25, -0.2) is 9.37 Å². The summed E-state index contributed by atoms with van der Waals surface area (Å²) in [5.74, 6) is 0.936. The van der Waals surface area contributed by atoms with Crippen LogP contribution in [0, 0.1) is 6.92 Å². The average molecular weight is 183 g/mol. The van der Waals surface area contributed by atoms with Gasteiger partial charge in [-0.05, 0) is 6.92 Å². The highest BCUT2D eigenvalue weighted by Gasteiger charge is 2.16. The zero-order valence-electron chi connectivity index (χ0n) is 7.81. The molecule has 2 heterocycles. The van der Waals surface area contributed by atoms with Crippen molar-refractivity contribution in [3.63, 3.8) is 0 Å². The SMILES string of the molecule is Cc1nc2c(n1CCF)CNCC2. The maximum absolute atomic E-state index is 12.2. The lowest BCUT2D eigenvalue weighted by molar-refractivity contribution is 0.431. The molecule has 0 saturated carbocycles. The number of fused-ring (bicyclic) bond motifs is 1. The molecule has 13 heavy (non-hydrogen) atoms. The fraction of sp³-hybridized carbons (Fsp3) is 0.667. The molecule has 0 spiro atoms. The van der Waals surface area contributed by atoms with E-state index in [1.807, 2.05) is 11.5 Å². The second-order valence-electron chi connectivity index (χ2n) is 3.32. The first-order valence-electron chi connectivity index (χ1n) is 4.64. The summed E-state index contributed by atoms with van der Waals surface area (Å²) in [6.07, 6.45) is 0.968. The number of nitrogens with one attached hydrogen (secondary N) is 1. The minimum Gasteiger partial charge on any atom is -0.328 e. The first-order valence-corrected chi connectivity index (χ1v) is 4.64. The van der Waals surface area contributed by atoms with Crippen molar-refractivity contribution in [3.05, 3.63) is 17.2 Å². The van der Waals surface area contributed by atoms with Crippen molar-refractivity contribution < 1.29 is 4.39 Å². The van der Waals surface area contributed by atoms with Crippen molar-refractivity contribution in [2.45, 2.75) is 26.4 Å². The summed E-state index contributed by atoms with van der Waals surface area (Å²) in [5, 5.41) is 3.27. The third-order valence-corrected chi connectivity index (χ3v) is 2.49. The van der Waals surface area contributed by atoms with Crippen molar-refractivity contribution in [3.8, 4) is 0 Å². The van der Waals surface area contributed by atoms with Gasteiger partial charge in [-0.1, -0.05) is 0 Å². The zero-order chi connectivity index (χ0) is 9.26. The maximum atomic E-state index is 12.2. The average Bonchev–Trinajstić information content (AvgIpc) is 2.44. The highest BCUT2D eigenvalue weighted by atomic mass is 19.1. The maximum Gasteiger partial charge on any atom is 0.107 e. The minimum absolute atomic E-state index is 0.316. The van der Waals surface area contributed by atoms with Crippen molar-refractivity contribution >= 4 is 0 Å². The van der Waals surface area contributed by atoms with E-state index < -0.39 is 0 Å². The van der Waals surface area contributed by atoms with Gasteiger partial charge >= 0.3 is 0 Å². The number of nitrogens with zero attached hydrogens (tertiary/aromatic N) is 2. The van der Waals surface area contributed by atoms with E-state index in [-0.39, 0.29) is 6.67 Å². The Morgan fingerprint density at radius 1 is 1.62 bits per heavy atom. The van der Waals surface area contributed by atoms with Crippen LogP contribution in [0.2, 0.25) is 0 Å². The van der Waals surface area contributed by atoms with Crippen LogP contribution in [0.5, 0.6) is 0 Å². The Labute approximate surface area is 77.0 Å². The molecular weight excluding hydrogens is 169 g/mol. The second kappa shape index (κ2) is 3.46. The third-order valence-electron chi connectivity index (χ3n) is 2.49. The number of halogens is 1. The molecule has 0 aliphatic carbocycles. The van der Waals surface area contributed by atoms with Crippen LogP contribution in [0.3, 0.4) is 0 Å². The van der Waals surface area contributed by atoms with Gasteiger partial charge in [0.1, 0.15) is 12.5 Å². The Hall–Kier alpha value is -0.900. The number of imidazole rings is 1. The molecule has 1 aromatic rings. The standard InChI is InChI=1S/C9H14FN3/c1-7-12-8-2-4-11-6-9(8)13(7)5-3-10/h11H,2-6H2,1H3. The molecule has 1 aliphatic rings. The predicted octanol–water partition coefficient (Wildman–Crippen LogP) is 0.807. The van der Waals surface area contributed by atoms with Crippen molar-refractivity contribution in [2.75, 3.05) is 13.2 Å². The molecule has 1 aromatic heterocycles. The molecule has 1 aliphatic heterocycles. The normalized spacial score (nSPS) is 15.8. The summed E-state index contributed by atoms with van der Waals surface area (Å²) in [4.78, 5) is 4.43. The third kappa shape index (κ3) is 1.46. The summed E-state index contributed by atoms with van der Waals surface area (Å²) in [6, 6.07) is 0. The first-order chi connectivity index (χ1) is 6.33. The van der Waals surface area contributed by atoms with Crippen LogP contribution >= 0.6 is 0 Å². The summed E-state index contributed by atoms with van der Waals surface area (Å²) >= 11 is 0. The van der Waals surface area contributed by atoms with E-state index in [1.54, 1.807) is 0 Å². The second-order valence-corrected chi connectivity index (χ2v) is 3.32. The van der Waals surface area contributed by atoms with Crippen LogP contribution in [-0.2, 0) is 19.5 Å². The van der Waals surface area contributed by atoms with Crippen molar-refractivity contribution in [1.82, 2.24) is 14.9 Å². The summed E-state index contributed by atoms with van der Waals surface area (Å²) < 4.78 is 14.2. The number of alkyl halides is 1. The van der Waals surface area contributed by atoms with Gasteiger partial charge in [0.15, 0.2) is 0 Å². The molecule has 0 amide bonds. The Bertz CT molecular complexity index is 306. The predicted molar refractivity (Wildman–Crippen MR) is 48.3 cm³/mol. The Balaban J connectivity index is 2.36. The smallest absolute Gasteiger partial charge is 0.107 e. The minimum atomic E-state index is -0.316. The number of hydrogen-bond acceptors (Lipinski definition) is 2. The quantitative estimate of drug-likeness (QED) is 0.735. The Kier molecular flexibility index (Phi) is 2.31. The molecule has 1 N–H and O–H groups in total. The van der Waals surface area contributed by atoms with Crippen LogP contribution in [0.15, 0.2) is 0 Å². The Morgan fingerprint density at radius 2 is 2.46 bits per heavy atom. The molecule has 0 unspecified atom stereocenters. The van der Waals surface area contributed by atoms with E-state index in [0.717, 1.165) is 31.0 Å². The fourth-order valence-corrected chi connectivity index (χ4v) is 1.86. The lowest BCUT2D eigenvalue weighted by atomic mass is 10.2. The summed E-state index contributed by atoms with van der Waals surface area (Å²) in [5.41, 5.74) is 2.31. The number of rotatable bonds is 2. The summed E-state index contributed by atoms with van der Waals surface area (Å²) in [7, 11) is 0. The molecule has 72 valence electrons. The van der Waals surface area contributed by atoms with Crippen molar-refractivity contribution in [2.24, 2.45) is 0 Å². The van der Waals surface area contributed by atoms with E-state index in [1.165, 1.54) is 5.69 Å². The van der Waals surface area contributed by atoms with Gasteiger partial charge < -0.3 is 9.88 Å². The molecule has 0 aromatic carbocycles. The molecule has 0 saturated heterocycles. The van der Waals surface area contributed by atoms with Gasteiger partial charge in [-0.2, -0.15) is 0 Å².